The lowest BCUT2D eigenvalue weighted by atomic mass is 10.3. The summed E-state index contributed by atoms with van der Waals surface area (Å²) in [6, 6.07) is 0. The molecule has 0 aliphatic carbocycles. The smallest absolute Gasteiger partial charge is 0.221 e. The molecule has 0 aromatic carbocycles. The van der Waals surface area contributed by atoms with E-state index in [1.807, 2.05) is 0 Å². The van der Waals surface area contributed by atoms with Crippen LogP contribution in [0.25, 0.3) is 0 Å². The zero-order valence-corrected chi connectivity index (χ0v) is 3.91. The first kappa shape index (κ1) is 4.59. The summed E-state index contributed by atoms with van der Waals surface area (Å²) in [7, 11) is 0. The number of aliphatic hydroxyl groups excluding tert-OH is 1. The first-order chi connectivity index (χ1) is 3.29. The summed E-state index contributed by atoms with van der Waals surface area (Å²) < 4.78 is 1.00. The van der Waals surface area contributed by atoms with Gasteiger partial charge in [-0.05, 0) is 4.74 Å². The van der Waals surface area contributed by atoms with Gasteiger partial charge in [-0.2, -0.15) is 0 Å². The van der Waals surface area contributed by atoms with E-state index in [1.165, 1.54) is 6.21 Å². The maximum atomic E-state index is 8.64. The van der Waals surface area contributed by atoms with Gasteiger partial charge in [-0.3, -0.25) is 5.21 Å². The van der Waals surface area contributed by atoms with Crippen molar-refractivity contribution in [3.05, 3.63) is 0 Å². The van der Waals surface area contributed by atoms with Gasteiger partial charge in [0.15, 0.2) is 6.54 Å². The average molecular weight is 102 g/mol. The molecule has 7 heavy (non-hydrogen) atoms. The second-order valence-electron chi connectivity index (χ2n) is 1.67. The second kappa shape index (κ2) is 1.50. The topological polar surface area (TPSA) is 43.5 Å². The first-order valence-corrected chi connectivity index (χ1v) is 2.27. The Kier molecular flexibility index (Phi) is 0.982. The summed E-state index contributed by atoms with van der Waals surface area (Å²) in [6.45, 7) is 0.557. The number of aliphatic hydroxyl groups is 1. The standard InChI is InChI=1S/C4H8NO2/c6-4-1-2-5(7)3-4/h3-4,6-7H,1-2H2/q+1. The number of nitrogens with zero attached hydrogens (tertiary/aromatic N) is 1. The Morgan fingerprint density at radius 2 is 2.43 bits per heavy atom. The minimum Gasteiger partial charge on any atom is -0.382 e. The van der Waals surface area contributed by atoms with Crippen LogP contribution in [0.2, 0.25) is 0 Å². The van der Waals surface area contributed by atoms with Crippen molar-refractivity contribution >= 4 is 6.21 Å². The summed E-state index contributed by atoms with van der Waals surface area (Å²) in [5.41, 5.74) is 0. The van der Waals surface area contributed by atoms with E-state index in [1.54, 1.807) is 0 Å². The van der Waals surface area contributed by atoms with E-state index in [9.17, 15) is 0 Å². The number of hydrogen-bond acceptors (Lipinski definition) is 2. The predicted molar refractivity (Wildman–Crippen MR) is 23.6 cm³/mol. The van der Waals surface area contributed by atoms with Crippen LogP contribution in [0.15, 0.2) is 0 Å². The molecule has 0 amide bonds. The lowest BCUT2D eigenvalue weighted by Crippen LogP contribution is -2.02. The monoisotopic (exact) mass is 102 g/mol. The summed E-state index contributed by atoms with van der Waals surface area (Å²) in [5.74, 6) is 0. The van der Waals surface area contributed by atoms with Gasteiger partial charge < -0.3 is 5.11 Å². The maximum absolute atomic E-state index is 8.64. The van der Waals surface area contributed by atoms with Gasteiger partial charge in [0, 0.05) is 6.42 Å². The molecule has 3 heteroatoms. The molecule has 40 valence electrons. The Morgan fingerprint density at radius 3 is 2.57 bits per heavy atom. The number of rotatable bonds is 0. The third-order valence-electron chi connectivity index (χ3n) is 0.998. The predicted octanol–water partition coefficient (Wildman–Crippen LogP) is -0.776. The maximum Gasteiger partial charge on any atom is 0.221 e. The highest BCUT2D eigenvalue weighted by atomic mass is 16.5. The van der Waals surface area contributed by atoms with Crippen molar-refractivity contribution in [3.8, 4) is 0 Å². The van der Waals surface area contributed by atoms with Crippen molar-refractivity contribution in [2.75, 3.05) is 6.54 Å². The fourth-order valence-corrected chi connectivity index (χ4v) is 0.612. The van der Waals surface area contributed by atoms with Crippen LogP contribution in [0.5, 0.6) is 0 Å². The molecule has 1 atom stereocenters. The zero-order valence-electron chi connectivity index (χ0n) is 3.91. The lowest BCUT2D eigenvalue weighted by molar-refractivity contribution is -0.766. The molecule has 1 aliphatic heterocycles. The van der Waals surface area contributed by atoms with Gasteiger partial charge in [-0.25, -0.2) is 0 Å². The summed E-state index contributed by atoms with van der Waals surface area (Å²) in [6.07, 6.45) is 1.61. The average Bonchev–Trinajstić information content (AvgIpc) is 1.87. The third-order valence-corrected chi connectivity index (χ3v) is 0.998. The Labute approximate surface area is 41.5 Å². The zero-order chi connectivity index (χ0) is 5.28. The van der Waals surface area contributed by atoms with E-state index < -0.39 is 6.10 Å². The molecule has 3 nitrogen and oxygen atoms in total. The van der Waals surface area contributed by atoms with Crippen LogP contribution in [0.1, 0.15) is 6.42 Å². The van der Waals surface area contributed by atoms with Crippen molar-refractivity contribution in [2.24, 2.45) is 0 Å². The second-order valence-corrected chi connectivity index (χ2v) is 1.67. The van der Waals surface area contributed by atoms with E-state index in [2.05, 4.69) is 0 Å². The van der Waals surface area contributed by atoms with E-state index in [-0.39, 0.29) is 0 Å². The van der Waals surface area contributed by atoms with Crippen molar-refractivity contribution in [1.29, 1.82) is 0 Å². The van der Waals surface area contributed by atoms with E-state index in [0.717, 1.165) is 4.74 Å². The van der Waals surface area contributed by atoms with Gasteiger partial charge in [0.25, 0.3) is 0 Å². The van der Waals surface area contributed by atoms with E-state index in [0.29, 0.717) is 13.0 Å². The van der Waals surface area contributed by atoms with E-state index in [4.69, 9.17) is 10.3 Å². The molecule has 0 saturated heterocycles. The van der Waals surface area contributed by atoms with Crippen LogP contribution in [-0.2, 0) is 0 Å². The van der Waals surface area contributed by atoms with Crippen LogP contribution in [0, 0.1) is 0 Å². The molecular formula is C4H8NO2+. The molecular weight excluding hydrogens is 94.0 g/mol. The van der Waals surface area contributed by atoms with Crippen LogP contribution in [0.3, 0.4) is 0 Å². The van der Waals surface area contributed by atoms with Crippen LogP contribution in [-0.4, -0.2) is 33.9 Å². The summed E-state index contributed by atoms with van der Waals surface area (Å²) in [4.78, 5) is 0. The Morgan fingerprint density at radius 1 is 1.71 bits per heavy atom. The highest BCUT2D eigenvalue weighted by molar-refractivity contribution is 5.57. The summed E-state index contributed by atoms with van der Waals surface area (Å²) >= 11 is 0. The lowest BCUT2D eigenvalue weighted by Gasteiger charge is -1.80. The Balaban J connectivity index is 2.50. The molecule has 1 rings (SSSR count). The molecule has 1 unspecified atom stereocenters. The Bertz CT molecular complexity index is 99.9. The SMILES string of the molecule is OC1C=[N+](O)CC1. The van der Waals surface area contributed by atoms with E-state index >= 15 is 0 Å². The molecule has 0 radical (unpaired) electrons. The molecule has 2 N–H and O–H groups in total. The van der Waals surface area contributed by atoms with Crippen molar-refractivity contribution < 1.29 is 15.1 Å². The Hall–Kier alpha value is -0.570. The van der Waals surface area contributed by atoms with Crippen molar-refractivity contribution in [2.45, 2.75) is 12.5 Å². The molecule has 0 spiro atoms. The number of hydrogen-bond donors (Lipinski definition) is 2. The van der Waals surface area contributed by atoms with Gasteiger partial charge in [0.1, 0.15) is 6.10 Å². The van der Waals surface area contributed by atoms with Crippen LogP contribution < -0.4 is 0 Å². The largest absolute Gasteiger partial charge is 0.382 e. The van der Waals surface area contributed by atoms with Gasteiger partial charge in [-0.15, -0.1) is 0 Å². The summed E-state index contributed by atoms with van der Waals surface area (Å²) in [5, 5.41) is 17.2. The van der Waals surface area contributed by atoms with Crippen molar-refractivity contribution in [1.82, 2.24) is 0 Å². The first-order valence-electron chi connectivity index (χ1n) is 2.27. The van der Waals surface area contributed by atoms with Crippen LogP contribution in [0.4, 0.5) is 0 Å². The highest BCUT2D eigenvalue weighted by Gasteiger charge is 2.18. The van der Waals surface area contributed by atoms with Crippen LogP contribution >= 0.6 is 0 Å². The molecule has 0 saturated carbocycles. The molecule has 1 heterocycles. The molecule has 0 aromatic heterocycles. The number of hydroxylamine groups is 1. The molecule has 0 fully saturated rings. The molecule has 0 aromatic rings. The van der Waals surface area contributed by atoms with Gasteiger partial charge in [-0.1, -0.05) is 0 Å². The normalized spacial score (nSPS) is 30.4. The molecule has 0 bridgehead atoms. The fourth-order valence-electron chi connectivity index (χ4n) is 0.612. The quantitative estimate of drug-likeness (QED) is 0.311. The van der Waals surface area contributed by atoms with Crippen molar-refractivity contribution in [3.63, 3.8) is 0 Å². The van der Waals surface area contributed by atoms with Gasteiger partial charge in [0.2, 0.25) is 6.21 Å². The fraction of sp³-hybridized carbons (Fsp3) is 0.750. The third kappa shape index (κ3) is 0.899. The minimum absolute atomic E-state index is 0.426. The highest BCUT2D eigenvalue weighted by Crippen LogP contribution is 1.93. The van der Waals surface area contributed by atoms with Gasteiger partial charge in [0.05, 0.1) is 0 Å². The van der Waals surface area contributed by atoms with Gasteiger partial charge >= 0.3 is 0 Å². The minimum atomic E-state index is -0.426. The molecule has 1 aliphatic rings.